The van der Waals surface area contributed by atoms with Crippen molar-refractivity contribution in [1.82, 2.24) is 10.6 Å². The third kappa shape index (κ3) is 6.37. The number of ketones is 1. The summed E-state index contributed by atoms with van der Waals surface area (Å²) in [5, 5.41) is 4.82. The largest absolute Gasteiger partial charge is 0.494 e. The molecule has 0 aromatic heterocycles. The fourth-order valence-electron chi connectivity index (χ4n) is 2.70. The number of nitrogens with one attached hydrogen (secondary N) is 2. The molecule has 0 aliphatic rings. The molecule has 0 spiro atoms. The predicted molar refractivity (Wildman–Crippen MR) is 107 cm³/mol. The zero-order valence-electron chi connectivity index (χ0n) is 16.8. The van der Waals surface area contributed by atoms with Gasteiger partial charge in [-0.2, -0.15) is 0 Å². The van der Waals surface area contributed by atoms with Gasteiger partial charge in [-0.25, -0.2) is 8.78 Å². The average molecular weight is 418 g/mol. The monoisotopic (exact) mass is 418 g/mol. The first-order valence-corrected chi connectivity index (χ1v) is 9.57. The molecule has 0 bridgehead atoms. The molecule has 1 unspecified atom stereocenters. The van der Waals surface area contributed by atoms with Gasteiger partial charge >= 0.3 is 0 Å². The zero-order chi connectivity index (χ0) is 22.1. The second kappa shape index (κ2) is 11.0. The third-order valence-electron chi connectivity index (χ3n) is 4.32. The highest BCUT2D eigenvalue weighted by Crippen LogP contribution is 2.18. The van der Waals surface area contributed by atoms with Gasteiger partial charge in [0.2, 0.25) is 11.8 Å². The molecule has 160 valence electrons. The van der Waals surface area contributed by atoms with Crippen molar-refractivity contribution in [3.63, 3.8) is 0 Å². The van der Waals surface area contributed by atoms with Crippen molar-refractivity contribution in [1.29, 1.82) is 0 Å². The van der Waals surface area contributed by atoms with Crippen LogP contribution in [0.3, 0.4) is 0 Å². The summed E-state index contributed by atoms with van der Waals surface area (Å²) in [5.41, 5.74) is 0.533. The molecule has 2 rings (SSSR count). The molecular formula is C22H24F2N2O4. The third-order valence-corrected chi connectivity index (χ3v) is 4.32. The van der Waals surface area contributed by atoms with Crippen molar-refractivity contribution >= 4 is 17.6 Å². The Morgan fingerprint density at radius 2 is 1.70 bits per heavy atom. The number of halogens is 2. The molecule has 0 heterocycles. The molecule has 2 N–H and O–H groups in total. The number of Topliss-reactive ketones (excluding diaryl/α,β-unsaturated/α-hetero) is 1. The van der Waals surface area contributed by atoms with E-state index in [0.717, 1.165) is 18.6 Å². The van der Waals surface area contributed by atoms with Gasteiger partial charge in [-0.3, -0.25) is 14.4 Å². The van der Waals surface area contributed by atoms with Gasteiger partial charge in [-0.1, -0.05) is 13.0 Å². The number of hydrogen-bond acceptors (Lipinski definition) is 4. The molecule has 0 aliphatic carbocycles. The molecule has 2 aromatic carbocycles. The Morgan fingerprint density at radius 1 is 1.00 bits per heavy atom. The SMILES string of the molecule is CCCOc1ccc(C(=O)CCC(=O)NC(C(=O)NC)c2ccc(F)c(F)c2)cc1. The summed E-state index contributed by atoms with van der Waals surface area (Å²) >= 11 is 0. The van der Waals surface area contributed by atoms with Crippen molar-refractivity contribution in [3.05, 3.63) is 65.2 Å². The van der Waals surface area contributed by atoms with Crippen LogP contribution in [0.2, 0.25) is 0 Å². The van der Waals surface area contributed by atoms with E-state index in [1.165, 1.54) is 13.1 Å². The van der Waals surface area contributed by atoms with Crippen molar-refractivity contribution in [3.8, 4) is 5.75 Å². The van der Waals surface area contributed by atoms with Crippen LogP contribution in [0.4, 0.5) is 8.78 Å². The number of carbonyl (C=O) groups excluding carboxylic acids is 3. The molecule has 2 amide bonds. The first-order valence-electron chi connectivity index (χ1n) is 9.57. The van der Waals surface area contributed by atoms with Crippen LogP contribution in [0, 0.1) is 11.6 Å². The second-order valence-electron chi connectivity index (χ2n) is 6.58. The predicted octanol–water partition coefficient (Wildman–Crippen LogP) is 3.32. The van der Waals surface area contributed by atoms with E-state index < -0.39 is 29.5 Å². The van der Waals surface area contributed by atoms with Crippen LogP contribution in [0.5, 0.6) is 5.75 Å². The highest BCUT2D eigenvalue weighted by atomic mass is 19.2. The minimum Gasteiger partial charge on any atom is -0.494 e. The van der Waals surface area contributed by atoms with Crippen molar-refractivity contribution in [2.75, 3.05) is 13.7 Å². The highest BCUT2D eigenvalue weighted by Gasteiger charge is 2.23. The number of amides is 2. The van der Waals surface area contributed by atoms with E-state index >= 15 is 0 Å². The van der Waals surface area contributed by atoms with Gasteiger partial charge in [-0.05, 0) is 48.4 Å². The van der Waals surface area contributed by atoms with E-state index in [1.54, 1.807) is 24.3 Å². The Balaban J connectivity index is 1.97. The van der Waals surface area contributed by atoms with Crippen LogP contribution < -0.4 is 15.4 Å². The highest BCUT2D eigenvalue weighted by molar-refractivity contribution is 5.98. The summed E-state index contributed by atoms with van der Waals surface area (Å²) in [6.07, 6.45) is 0.640. The van der Waals surface area contributed by atoms with Crippen LogP contribution in [0.1, 0.15) is 48.1 Å². The van der Waals surface area contributed by atoms with Gasteiger partial charge < -0.3 is 15.4 Å². The smallest absolute Gasteiger partial charge is 0.246 e. The first kappa shape index (κ1) is 23.0. The molecule has 2 aromatic rings. The van der Waals surface area contributed by atoms with E-state index in [0.29, 0.717) is 17.9 Å². The number of hydrogen-bond donors (Lipinski definition) is 2. The topological polar surface area (TPSA) is 84.5 Å². The first-order chi connectivity index (χ1) is 14.3. The minimum atomic E-state index is -1.21. The minimum absolute atomic E-state index is 0.0702. The van der Waals surface area contributed by atoms with Gasteiger partial charge in [0, 0.05) is 25.5 Å². The number of benzene rings is 2. The molecule has 0 saturated heterocycles. The number of carbonyl (C=O) groups is 3. The Morgan fingerprint density at radius 3 is 2.30 bits per heavy atom. The van der Waals surface area contributed by atoms with Gasteiger partial charge in [0.15, 0.2) is 17.4 Å². The lowest BCUT2D eigenvalue weighted by atomic mass is 10.0. The zero-order valence-corrected chi connectivity index (χ0v) is 16.8. The number of rotatable bonds is 10. The average Bonchev–Trinajstić information content (AvgIpc) is 2.76. The lowest BCUT2D eigenvalue weighted by Crippen LogP contribution is -2.39. The fourth-order valence-corrected chi connectivity index (χ4v) is 2.70. The number of ether oxygens (including phenoxy) is 1. The molecule has 1 atom stereocenters. The maximum Gasteiger partial charge on any atom is 0.246 e. The molecule has 0 fully saturated rings. The Hall–Kier alpha value is -3.29. The molecule has 0 aliphatic heterocycles. The van der Waals surface area contributed by atoms with Crippen LogP contribution >= 0.6 is 0 Å². The van der Waals surface area contributed by atoms with Gasteiger partial charge in [0.1, 0.15) is 11.8 Å². The maximum atomic E-state index is 13.5. The number of likely N-dealkylation sites (N-methyl/N-ethyl adjacent to an activating group) is 1. The standard InChI is InChI=1S/C22H24F2N2O4/c1-3-12-30-16-7-4-14(5-8-16)19(27)10-11-20(28)26-21(22(29)25-2)15-6-9-17(23)18(24)13-15/h4-9,13,21H,3,10-12H2,1-2H3,(H,25,29)(H,26,28). The molecule has 30 heavy (non-hydrogen) atoms. The summed E-state index contributed by atoms with van der Waals surface area (Å²) in [6, 6.07) is 8.36. The Labute approximate surface area is 173 Å². The van der Waals surface area contributed by atoms with Gasteiger partial charge in [0.05, 0.1) is 6.61 Å². The van der Waals surface area contributed by atoms with Gasteiger partial charge in [0.25, 0.3) is 0 Å². The Bertz CT molecular complexity index is 901. The van der Waals surface area contributed by atoms with E-state index in [-0.39, 0.29) is 24.2 Å². The molecule has 8 heteroatoms. The van der Waals surface area contributed by atoms with Crippen LogP contribution in [0.15, 0.2) is 42.5 Å². The second-order valence-corrected chi connectivity index (χ2v) is 6.58. The summed E-state index contributed by atoms with van der Waals surface area (Å²) in [6.45, 7) is 2.57. The summed E-state index contributed by atoms with van der Waals surface area (Å²) in [4.78, 5) is 36.7. The van der Waals surface area contributed by atoms with Crippen molar-refractivity contribution < 1.29 is 27.9 Å². The lowest BCUT2D eigenvalue weighted by Gasteiger charge is -2.18. The maximum absolute atomic E-state index is 13.5. The lowest BCUT2D eigenvalue weighted by molar-refractivity contribution is -0.128. The van der Waals surface area contributed by atoms with Crippen LogP contribution in [-0.2, 0) is 9.59 Å². The summed E-state index contributed by atoms with van der Waals surface area (Å²) < 4.78 is 32.1. The summed E-state index contributed by atoms with van der Waals surface area (Å²) in [7, 11) is 1.36. The molecular weight excluding hydrogens is 394 g/mol. The van der Waals surface area contributed by atoms with E-state index in [4.69, 9.17) is 4.74 Å². The Kier molecular flexibility index (Phi) is 8.46. The quantitative estimate of drug-likeness (QED) is 0.580. The summed E-state index contributed by atoms with van der Waals surface area (Å²) in [5.74, 6) is -2.93. The van der Waals surface area contributed by atoms with Crippen molar-refractivity contribution in [2.24, 2.45) is 0 Å². The fraction of sp³-hybridized carbons (Fsp3) is 0.318. The van der Waals surface area contributed by atoms with E-state index in [9.17, 15) is 23.2 Å². The van der Waals surface area contributed by atoms with Crippen LogP contribution in [-0.4, -0.2) is 31.3 Å². The van der Waals surface area contributed by atoms with E-state index in [1.807, 2.05) is 6.92 Å². The molecule has 6 nitrogen and oxygen atoms in total. The van der Waals surface area contributed by atoms with Gasteiger partial charge in [-0.15, -0.1) is 0 Å². The van der Waals surface area contributed by atoms with E-state index in [2.05, 4.69) is 10.6 Å². The van der Waals surface area contributed by atoms with Crippen LogP contribution in [0.25, 0.3) is 0 Å². The molecule has 0 saturated carbocycles. The molecule has 0 radical (unpaired) electrons. The normalized spacial score (nSPS) is 11.5. The van der Waals surface area contributed by atoms with Crippen molar-refractivity contribution in [2.45, 2.75) is 32.2 Å².